The summed E-state index contributed by atoms with van der Waals surface area (Å²) in [7, 11) is 0. The topological polar surface area (TPSA) is 42.2 Å². The molecular formula is C11H15NO2S. The molecule has 0 amide bonds. The van der Waals surface area contributed by atoms with Crippen molar-refractivity contribution in [3.05, 3.63) is 24.2 Å². The van der Waals surface area contributed by atoms with Crippen LogP contribution < -0.4 is 5.32 Å². The minimum absolute atomic E-state index is 0.288. The molecule has 0 spiro atoms. The van der Waals surface area contributed by atoms with E-state index in [1.54, 1.807) is 12.5 Å². The van der Waals surface area contributed by atoms with E-state index in [1.807, 2.05) is 17.8 Å². The van der Waals surface area contributed by atoms with Crippen molar-refractivity contribution >= 4 is 17.5 Å². The highest BCUT2D eigenvalue weighted by molar-refractivity contribution is 7.99. The number of nitrogens with one attached hydrogen (secondary N) is 1. The Morgan fingerprint density at radius 1 is 1.67 bits per heavy atom. The Bertz CT molecular complexity index is 304. The van der Waals surface area contributed by atoms with E-state index in [0.29, 0.717) is 18.9 Å². The summed E-state index contributed by atoms with van der Waals surface area (Å²) in [6, 6.07) is 2.21. The van der Waals surface area contributed by atoms with Crippen molar-refractivity contribution in [3.8, 4) is 0 Å². The van der Waals surface area contributed by atoms with Crippen LogP contribution in [0.1, 0.15) is 12.0 Å². The van der Waals surface area contributed by atoms with Crippen molar-refractivity contribution in [1.29, 1.82) is 0 Å². The highest BCUT2D eigenvalue weighted by Gasteiger charge is 2.16. The number of carbonyl (C=O) groups excluding carboxylic acids is 1. The maximum Gasteiger partial charge on any atom is 0.138 e. The fourth-order valence-electron chi connectivity index (χ4n) is 1.72. The van der Waals surface area contributed by atoms with Crippen molar-refractivity contribution in [1.82, 2.24) is 5.32 Å². The zero-order valence-electron chi connectivity index (χ0n) is 8.57. The van der Waals surface area contributed by atoms with Crippen molar-refractivity contribution in [2.24, 2.45) is 0 Å². The van der Waals surface area contributed by atoms with E-state index >= 15 is 0 Å². The Morgan fingerprint density at radius 3 is 3.27 bits per heavy atom. The van der Waals surface area contributed by atoms with Gasteiger partial charge in [0.15, 0.2) is 0 Å². The van der Waals surface area contributed by atoms with E-state index in [0.717, 1.165) is 23.6 Å². The Kier molecular flexibility index (Phi) is 3.86. The molecule has 0 saturated carbocycles. The third kappa shape index (κ3) is 3.39. The van der Waals surface area contributed by atoms with Gasteiger partial charge < -0.3 is 9.73 Å². The maximum absolute atomic E-state index is 11.7. The highest BCUT2D eigenvalue weighted by Crippen LogP contribution is 2.12. The molecule has 1 aromatic heterocycles. The minimum Gasteiger partial charge on any atom is -0.472 e. The Balaban J connectivity index is 1.76. The lowest BCUT2D eigenvalue weighted by atomic mass is 10.1. The molecule has 3 nitrogen and oxygen atoms in total. The van der Waals surface area contributed by atoms with Crippen molar-refractivity contribution < 1.29 is 9.21 Å². The average molecular weight is 225 g/mol. The molecule has 0 aliphatic carbocycles. The van der Waals surface area contributed by atoms with Crippen LogP contribution in [0.4, 0.5) is 0 Å². The molecule has 1 aliphatic rings. The molecule has 82 valence electrons. The summed E-state index contributed by atoms with van der Waals surface area (Å²) in [6.07, 6.45) is 4.38. The van der Waals surface area contributed by atoms with Crippen LogP contribution in [0.25, 0.3) is 0 Å². The number of thioether (sulfide) groups is 1. The van der Waals surface area contributed by atoms with Gasteiger partial charge in [0, 0.05) is 36.9 Å². The van der Waals surface area contributed by atoms with Gasteiger partial charge in [-0.2, -0.15) is 11.8 Å². The van der Waals surface area contributed by atoms with Crippen molar-refractivity contribution in [2.45, 2.75) is 18.9 Å². The van der Waals surface area contributed by atoms with Gasteiger partial charge in [-0.1, -0.05) is 0 Å². The summed E-state index contributed by atoms with van der Waals surface area (Å²) < 4.78 is 4.93. The van der Waals surface area contributed by atoms with E-state index in [-0.39, 0.29) is 5.78 Å². The highest BCUT2D eigenvalue weighted by atomic mass is 32.2. The summed E-state index contributed by atoms with van der Waals surface area (Å²) in [5, 5.41) is 3.36. The number of carbonyl (C=O) groups is 1. The lowest BCUT2D eigenvalue weighted by molar-refractivity contribution is -0.118. The third-order valence-corrected chi connectivity index (χ3v) is 3.58. The summed E-state index contributed by atoms with van der Waals surface area (Å²) in [4.78, 5) is 11.7. The molecule has 1 N–H and O–H groups in total. The van der Waals surface area contributed by atoms with Crippen LogP contribution in [-0.4, -0.2) is 29.9 Å². The van der Waals surface area contributed by atoms with Gasteiger partial charge in [0.25, 0.3) is 0 Å². The molecule has 2 heterocycles. The Morgan fingerprint density at radius 2 is 2.60 bits per heavy atom. The van der Waals surface area contributed by atoms with Gasteiger partial charge in [-0.05, 0) is 11.6 Å². The van der Waals surface area contributed by atoms with Crippen LogP contribution in [0.3, 0.4) is 0 Å². The predicted octanol–water partition coefficient (Wildman–Crippen LogP) is 1.49. The number of hydrogen-bond donors (Lipinski definition) is 1. The van der Waals surface area contributed by atoms with Gasteiger partial charge >= 0.3 is 0 Å². The summed E-state index contributed by atoms with van der Waals surface area (Å²) in [5.74, 6) is 2.50. The van der Waals surface area contributed by atoms with Crippen LogP contribution in [0.15, 0.2) is 23.0 Å². The maximum atomic E-state index is 11.7. The van der Waals surface area contributed by atoms with E-state index in [1.165, 1.54) is 0 Å². The summed E-state index contributed by atoms with van der Waals surface area (Å²) >= 11 is 1.92. The number of furan rings is 1. The normalized spacial score (nSPS) is 21.5. The zero-order chi connectivity index (χ0) is 10.5. The van der Waals surface area contributed by atoms with Gasteiger partial charge in [-0.15, -0.1) is 0 Å². The Labute approximate surface area is 93.6 Å². The number of Topliss-reactive ketones (excluding diaryl/α,β-unsaturated/α-hetero) is 1. The largest absolute Gasteiger partial charge is 0.472 e. The molecule has 4 heteroatoms. The molecule has 15 heavy (non-hydrogen) atoms. The first-order chi connectivity index (χ1) is 7.34. The quantitative estimate of drug-likeness (QED) is 0.843. The first kappa shape index (κ1) is 10.8. The van der Waals surface area contributed by atoms with E-state index in [9.17, 15) is 4.79 Å². The van der Waals surface area contributed by atoms with E-state index in [4.69, 9.17) is 4.42 Å². The molecule has 1 fully saturated rings. The second-order valence-corrected chi connectivity index (χ2v) is 4.93. The van der Waals surface area contributed by atoms with Gasteiger partial charge in [-0.25, -0.2) is 0 Å². The lowest BCUT2D eigenvalue weighted by Crippen LogP contribution is -2.39. The van der Waals surface area contributed by atoms with Crippen molar-refractivity contribution in [2.75, 3.05) is 18.1 Å². The second-order valence-electron chi connectivity index (χ2n) is 3.78. The molecule has 1 unspecified atom stereocenters. The van der Waals surface area contributed by atoms with E-state index in [2.05, 4.69) is 5.32 Å². The molecule has 0 radical (unpaired) electrons. The van der Waals surface area contributed by atoms with Crippen LogP contribution in [0.5, 0.6) is 0 Å². The van der Waals surface area contributed by atoms with Crippen LogP contribution >= 0.6 is 11.8 Å². The first-order valence-corrected chi connectivity index (χ1v) is 6.34. The van der Waals surface area contributed by atoms with Crippen molar-refractivity contribution in [3.63, 3.8) is 0 Å². The molecule has 2 rings (SSSR count). The van der Waals surface area contributed by atoms with Crippen LogP contribution in [-0.2, 0) is 11.2 Å². The molecule has 1 aliphatic heterocycles. The van der Waals surface area contributed by atoms with Crippen LogP contribution in [0, 0.1) is 0 Å². The van der Waals surface area contributed by atoms with Gasteiger partial charge in [0.1, 0.15) is 5.78 Å². The second kappa shape index (κ2) is 5.37. The number of hydrogen-bond acceptors (Lipinski definition) is 4. The number of ketones is 1. The lowest BCUT2D eigenvalue weighted by Gasteiger charge is -2.22. The zero-order valence-corrected chi connectivity index (χ0v) is 9.39. The predicted molar refractivity (Wildman–Crippen MR) is 61.2 cm³/mol. The third-order valence-electron chi connectivity index (χ3n) is 2.45. The molecule has 0 aromatic carbocycles. The first-order valence-electron chi connectivity index (χ1n) is 5.18. The molecule has 1 atom stereocenters. The summed E-state index contributed by atoms with van der Waals surface area (Å²) in [6.45, 7) is 1.02. The molecule has 0 bridgehead atoms. The standard InChI is InChI=1S/C11H15NO2S/c13-11(5-9-1-3-14-7-9)6-10-8-15-4-2-12-10/h1,3,7,10,12H,2,4-6,8H2. The SMILES string of the molecule is O=C(Cc1ccoc1)CC1CSCCN1. The monoisotopic (exact) mass is 225 g/mol. The van der Waals surface area contributed by atoms with Gasteiger partial charge in [-0.3, -0.25) is 4.79 Å². The fraction of sp³-hybridized carbons (Fsp3) is 0.545. The molecule has 1 aromatic rings. The van der Waals surface area contributed by atoms with E-state index < -0.39 is 0 Å². The summed E-state index contributed by atoms with van der Waals surface area (Å²) in [5.41, 5.74) is 0.975. The van der Waals surface area contributed by atoms with Gasteiger partial charge in [0.05, 0.1) is 12.5 Å². The smallest absolute Gasteiger partial charge is 0.138 e. The molecule has 1 saturated heterocycles. The van der Waals surface area contributed by atoms with Gasteiger partial charge in [0.2, 0.25) is 0 Å². The number of rotatable bonds is 4. The minimum atomic E-state index is 0.288. The van der Waals surface area contributed by atoms with Crippen LogP contribution in [0.2, 0.25) is 0 Å². The fourth-order valence-corrected chi connectivity index (χ4v) is 2.67. The Hall–Kier alpha value is -0.740. The average Bonchev–Trinajstić information content (AvgIpc) is 2.71. The molecular weight excluding hydrogens is 210 g/mol.